The van der Waals surface area contributed by atoms with E-state index >= 15 is 0 Å². The summed E-state index contributed by atoms with van der Waals surface area (Å²) in [7, 11) is 0. The molecule has 42 heavy (non-hydrogen) atoms. The minimum Gasteiger partial charge on any atom is -0.508 e. The Kier molecular flexibility index (Phi) is 7.66. The number of benzene rings is 1. The number of hydrogen-bond donors (Lipinski definition) is 1. The first-order chi connectivity index (χ1) is 20.6. The van der Waals surface area contributed by atoms with Crippen molar-refractivity contribution < 1.29 is 19.4 Å². The Morgan fingerprint density at radius 3 is 2.71 bits per heavy atom. The molecule has 0 spiro atoms. The third-order valence-electron chi connectivity index (χ3n) is 9.69. The molecule has 3 fully saturated rings. The van der Waals surface area contributed by atoms with Crippen LogP contribution in [0, 0.1) is 0 Å². The highest BCUT2D eigenvalue weighted by molar-refractivity contribution is 5.87. The lowest BCUT2D eigenvalue weighted by molar-refractivity contribution is -0.126. The van der Waals surface area contributed by atoms with Gasteiger partial charge in [-0.25, -0.2) is 0 Å². The summed E-state index contributed by atoms with van der Waals surface area (Å²) < 4.78 is 12.0. The number of rotatable bonds is 8. The zero-order chi connectivity index (χ0) is 28.6. The molecule has 2 aromatic rings. The lowest BCUT2D eigenvalue weighted by atomic mass is 9.89. The van der Waals surface area contributed by atoms with Crippen molar-refractivity contribution in [2.75, 3.05) is 68.8 Å². The second-order valence-electron chi connectivity index (χ2n) is 12.3. The molecule has 2 bridgehead atoms. The maximum absolute atomic E-state index is 12.2. The number of carbonyl (C=O) groups excluding carboxylic acids is 1. The number of likely N-dealkylation sites (tertiary alicyclic amines) is 1. The summed E-state index contributed by atoms with van der Waals surface area (Å²) in [6.45, 7) is 11.3. The SMILES string of the molecule is C=CC(=O)N1CCN(c2nc(OCCCN3C[C@H]4C[C@@H]3CO4)nc3c2CCN(c2cc(O)cc4c2CCCC4)C3)CC1. The predicted octanol–water partition coefficient (Wildman–Crippen LogP) is 2.70. The topological polar surface area (TPSA) is 94.5 Å². The molecule has 0 saturated carbocycles. The molecular weight excluding hydrogens is 532 g/mol. The van der Waals surface area contributed by atoms with Crippen LogP contribution in [0.15, 0.2) is 24.8 Å². The largest absolute Gasteiger partial charge is 0.508 e. The van der Waals surface area contributed by atoms with Crippen LogP contribution >= 0.6 is 0 Å². The zero-order valence-corrected chi connectivity index (χ0v) is 24.5. The van der Waals surface area contributed by atoms with E-state index in [0.29, 0.717) is 63.2 Å². The van der Waals surface area contributed by atoms with Gasteiger partial charge in [-0.05, 0) is 68.2 Å². The lowest BCUT2D eigenvalue weighted by Gasteiger charge is -2.38. The summed E-state index contributed by atoms with van der Waals surface area (Å²) in [5.74, 6) is 1.26. The van der Waals surface area contributed by atoms with E-state index in [1.165, 1.54) is 35.6 Å². The molecule has 1 amide bonds. The van der Waals surface area contributed by atoms with Gasteiger partial charge in [-0.15, -0.1) is 0 Å². The average Bonchev–Trinajstić information content (AvgIpc) is 3.65. The maximum Gasteiger partial charge on any atom is 0.318 e. The minimum atomic E-state index is -0.0220. The Bertz CT molecular complexity index is 1340. The van der Waals surface area contributed by atoms with Crippen molar-refractivity contribution in [3.63, 3.8) is 0 Å². The number of aryl methyl sites for hydroxylation is 1. The van der Waals surface area contributed by atoms with E-state index < -0.39 is 0 Å². The first-order valence-electron chi connectivity index (χ1n) is 15.7. The van der Waals surface area contributed by atoms with Gasteiger partial charge in [-0.3, -0.25) is 9.69 Å². The number of anilines is 2. The molecule has 1 N–H and O–H groups in total. The monoisotopic (exact) mass is 574 g/mol. The van der Waals surface area contributed by atoms with E-state index in [0.717, 1.165) is 75.5 Å². The highest BCUT2D eigenvalue weighted by atomic mass is 16.5. The van der Waals surface area contributed by atoms with Crippen molar-refractivity contribution in [1.29, 1.82) is 0 Å². The van der Waals surface area contributed by atoms with Gasteiger partial charge >= 0.3 is 6.01 Å². The van der Waals surface area contributed by atoms with E-state index in [1.54, 1.807) is 0 Å². The summed E-state index contributed by atoms with van der Waals surface area (Å²) in [5.41, 5.74) is 5.95. The second kappa shape index (κ2) is 11.7. The molecule has 3 saturated heterocycles. The molecular formula is C32H42N6O4. The van der Waals surface area contributed by atoms with Crippen molar-refractivity contribution in [2.24, 2.45) is 0 Å². The Balaban J connectivity index is 1.11. The Labute approximate surface area is 247 Å². The Hall–Kier alpha value is -3.37. The minimum absolute atomic E-state index is 0.0220. The van der Waals surface area contributed by atoms with Gasteiger partial charge in [-0.2, -0.15) is 9.97 Å². The fourth-order valence-electron chi connectivity index (χ4n) is 7.48. The lowest BCUT2D eigenvalue weighted by Crippen LogP contribution is -2.49. The van der Waals surface area contributed by atoms with Gasteiger partial charge in [-0.1, -0.05) is 6.58 Å². The molecule has 0 radical (unpaired) electrons. The Morgan fingerprint density at radius 1 is 1.07 bits per heavy atom. The van der Waals surface area contributed by atoms with E-state index in [1.807, 2.05) is 17.0 Å². The molecule has 10 heteroatoms. The molecule has 224 valence electrons. The second-order valence-corrected chi connectivity index (χ2v) is 12.3. The van der Waals surface area contributed by atoms with Crippen LogP contribution in [0.5, 0.6) is 11.8 Å². The molecule has 0 unspecified atom stereocenters. The summed E-state index contributed by atoms with van der Waals surface area (Å²) in [6, 6.07) is 4.86. The normalized spacial score (nSPS) is 23.6. The highest BCUT2D eigenvalue weighted by Gasteiger charge is 2.38. The quantitative estimate of drug-likeness (QED) is 0.377. The van der Waals surface area contributed by atoms with E-state index in [4.69, 9.17) is 19.4 Å². The predicted molar refractivity (Wildman–Crippen MR) is 160 cm³/mol. The third kappa shape index (κ3) is 5.42. The van der Waals surface area contributed by atoms with Gasteiger partial charge in [0.15, 0.2) is 0 Å². The maximum atomic E-state index is 12.2. The van der Waals surface area contributed by atoms with Crippen molar-refractivity contribution in [3.05, 3.63) is 47.2 Å². The standard InChI is InChI=1S/C32H42N6O4/c1-2-30(40)35-11-13-36(14-12-35)31-27-8-10-38(29-18-24(39)16-22-6-3-4-7-26(22)29)20-28(27)33-32(34-31)41-15-5-9-37-19-25-17-23(37)21-42-25/h2,16,18,23,25,39H,1,3-15,17,19-21H2/t23-,25-/m1/s1. The van der Waals surface area contributed by atoms with Gasteiger partial charge in [0.2, 0.25) is 5.91 Å². The summed E-state index contributed by atoms with van der Waals surface area (Å²) in [6.07, 6.45) is 9.13. The van der Waals surface area contributed by atoms with Crippen LogP contribution in [0.4, 0.5) is 11.5 Å². The molecule has 1 aromatic heterocycles. The van der Waals surface area contributed by atoms with Crippen LogP contribution in [-0.4, -0.2) is 102 Å². The molecule has 10 nitrogen and oxygen atoms in total. The number of morpholine rings is 1. The number of ether oxygens (including phenoxy) is 2. The molecule has 1 aromatic carbocycles. The number of hydrogen-bond acceptors (Lipinski definition) is 9. The Morgan fingerprint density at radius 2 is 1.93 bits per heavy atom. The molecule has 1 aliphatic carbocycles. The van der Waals surface area contributed by atoms with Crippen LogP contribution < -0.4 is 14.5 Å². The van der Waals surface area contributed by atoms with Gasteiger partial charge in [0.1, 0.15) is 11.6 Å². The molecule has 2 atom stereocenters. The van der Waals surface area contributed by atoms with Crippen LogP contribution in [0.1, 0.15) is 48.1 Å². The van der Waals surface area contributed by atoms with Gasteiger partial charge in [0.05, 0.1) is 31.6 Å². The van der Waals surface area contributed by atoms with Crippen LogP contribution in [0.3, 0.4) is 0 Å². The summed E-state index contributed by atoms with van der Waals surface area (Å²) >= 11 is 0. The van der Waals surface area contributed by atoms with Crippen LogP contribution in [-0.2, 0) is 35.3 Å². The van der Waals surface area contributed by atoms with Gasteiger partial charge < -0.3 is 29.3 Å². The molecule has 5 heterocycles. The van der Waals surface area contributed by atoms with Gasteiger partial charge in [0, 0.05) is 69.2 Å². The van der Waals surface area contributed by atoms with Crippen LogP contribution in [0.2, 0.25) is 0 Å². The number of carbonyl (C=O) groups is 1. The number of nitrogens with zero attached hydrogens (tertiary/aromatic N) is 6. The molecule has 5 aliphatic rings. The number of amides is 1. The first kappa shape index (κ1) is 27.5. The van der Waals surface area contributed by atoms with E-state index in [9.17, 15) is 9.90 Å². The number of aromatic nitrogens is 2. The van der Waals surface area contributed by atoms with Crippen molar-refractivity contribution in [2.45, 2.75) is 63.6 Å². The molecule has 4 aliphatic heterocycles. The van der Waals surface area contributed by atoms with Crippen molar-refractivity contribution >= 4 is 17.4 Å². The molecule has 7 rings (SSSR count). The zero-order valence-electron chi connectivity index (χ0n) is 24.5. The van der Waals surface area contributed by atoms with E-state index in [-0.39, 0.29) is 5.91 Å². The average molecular weight is 575 g/mol. The number of phenols is 1. The van der Waals surface area contributed by atoms with Gasteiger partial charge in [0.25, 0.3) is 0 Å². The van der Waals surface area contributed by atoms with Crippen LogP contribution in [0.25, 0.3) is 0 Å². The number of piperazine rings is 1. The summed E-state index contributed by atoms with van der Waals surface area (Å²) in [4.78, 5) is 31.1. The summed E-state index contributed by atoms with van der Waals surface area (Å²) in [5, 5.41) is 10.5. The van der Waals surface area contributed by atoms with Crippen molar-refractivity contribution in [3.8, 4) is 11.8 Å². The number of fused-ring (bicyclic) bond motifs is 4. The van der Waals surface area contributed by atoms with Crippen molar-refractivity contribution in [1.82, 2.24) is 19.8 Å². The number of phenolic OH excluding ortho intramolecular Hbond substituents is 1. The first-order valence-corrected chi connectivity index (χ1v) is 15.7. The third-order valence-corrected chi connectivity index (χ3v) is 9.69. The fraction of sp³-hybridized carbons (Fsp3) is 0.594. The number of aromatic hydroxyl groups is 1. The van der Waals surface area contributed by atoms with E-state index in [2.05, 4.69) is 21.3 Å². The fourth-order valence-corrected chi connectivity index (χ4v) is 7.48. The smallest absolute Gasteiger partial charge is 0.318 e. The highest BCUT2D eigenvalue weighted by Crippen LogP contribution is 2.38.